The molecular formula is C25H45ClN+. The van der Waals surface area contributed by atoms with E-state index in [9.17, 15) is 0 Å². The van der Waals surface area contributed by atoms with E-state index in [0.717, 1.165) is 16.1 Å². The molecule has 0 bridgehead atoms. The Hall–Kier alpha value is -0.530. The summed E-state index contributed by atoms with van der Waals surface area (Å²) in [5, 5.41) is 0.830. The summed E-state index contributed by atoms with van der Waals surface area (Å²) in [7, 11) is 4.69. The first-order chi connectivity index (χ1) is 13.0. The van der Waals surface area contributed by atoms with Gasteiger partial charge in [-0.05, 0) is 25.0 Å². The van der Waals surface area contributed by atoms with Crippen LogP contribution >= 0.6 is 11.6 Å². The molecule has 0 saturated heterocycles. The zero-order valence-corrected chi connectivity index (χ0v) is 19.2. The Morgan fingerprint density at radius 3 is 1.48 bits per heavy atom. The molecule has 2 heteroatoms. The Morgan fingerprint density at radius 2 is 1.04 bits per heavy atom. The minimum atomic E-state index is 0.830. The van der Waals surface area contributed by atoms with Gasteiger partial charge in [0.05, 0.1) is 20.6 Å². The Labute approximate surface area is 175 Å². The summed E-state index contributed by atoms with van der Waals surface area (Å²) in [6.45, 7) is 4.65. The van der Waals surface area contributed by atoms with Crippen LogP contribution in [0, 0.1) is 0 Å². The normalized spacial score (nSPS) is 11.9. The Kier molecular flexibility index (Phi) is 14.0. The molecule has 0 aliphatic rings. The van der Waals surface area contributed by atoms with Gasteiger partial charge >= 0.3 is 0 Å². The summed E-state index contributed by atoms with van der Waals surface area (Å²) in [4.78, 5) is 0. The van der Waals surface area contributed by atoms with Gasteiger partial charge in [-0.25, -0.2) is 0 Å². The minimum Gasteiger partial charge on any atom is -0.325 e. The molecule has 0 unspecified atom stereocenters. The summed E-state index contributed by atoms with van der Waals surface area (Å²) < 4.78 is 1.07. The lowest BCUT2D eigenvalue weighted by Gasteiger charge is -2.30. The Bertz CT molecular complexity index is 452. The van der Waals surface area contributed by atoms with E-state index in [1.54, 1.807) is 0 Å². The van der Waals surface area contributed by atoms with Crippen molar-refractivity contribution in [1.82, 2.24) is 0 Å². The average Bonchev–Trinajstić information content (AvgIpc) is 2.63. The molecule has 156 valence electrons. The number of quaternary nitrogens is 1. The third-order valence-electron chi connectivity index (χ3n) is 5.64. The first-order valence-electron chi connectivity index (χ1n) is 11.6. The number of benzene rings is 1. The molecule has 1 nitrogen and oxygen atoms in total. The van der Waals surface area contributed by atoms with Crippen LogP contribution in [0.3, 0.4) is 0 Å². The summed E-state index contributed by atoms with van der Waals surface area (Å²) in [5.74, 6) is 0. The molecule has 0 heterocycles. The summed E-state index contributed by atoms with van der Waals surface area (Å²) in [5.41, 5.74) is 1.38. The summed E-state index contributed by atoms with van der Waals surface area (Å²) in [6, 6.07) is 8.33. The SMILES string of the molecule is CCCCCCCCCCCCCCCC[N+](C)(C)Cc1ccc(Cl)cc1. The second-order valence-electron chi connectivity index (χ2n) is 9.04. The highest BCUT2D eigenvalue weighted by Crippen LogP contribution is 2.16. The molecule has 0 spiro atoms. The number of halogens is 1. The Balaban J connectivity index is 1.91. The molecule has 0 saturated carbocycles. The van der Waals surface area contributed by atoms with Gasteiger partial charge in [0.15, 0.2) is 0 Å². The number of hydrogen-bond donors (Lipinski definition) is 0. The number of nitrogens with zero attached hydrogens (tertiary/aromatic N) is 1. The Morgan fingerprint density at radius 1 is 0.630 bits per heavy atom. The van der Waals surface area contributed by atoms with Crippen molar-refractivity contribution in [3.8, 4) is 0 Å². The van der Waals surface area contributed by atoms with Crippen LogP contribution in [0.1, 0.15) is 102 Å². The zero-order chi connectivity index (χ0) is 19.8. The molecule has 0 aromatic heterocycles. The number of hydrogen-bond acceptors (Lipinski definition) is 0. The molecule has 0 N–H and O–H groups in total. The molecule has 0 aliphatic heterocycles. The van der Waals surface area contributed by atoms with E-state index in [2.05, 4.69) is 33.2 Å². The smallest absolute Gasteiger partial charge is 0.104 e. The molecule has 0 radical (unpaired) electrons. The molecule has 0 amide bonds. The third-order valence-corrected chi connectivity index (χ3v) is 5.89. The first-order valence-corrected chi connectivity index (χ1v) is 12.0. The van der Waals surface area contributed by atoms with Crippen LogP contribution in [0.2, 0.25) is 5.02 Å². The molecule has 0 aliphatic carbocycles. The number of unbranched alkanes of at least 4 members (excludes halogenated alkanes) is 13. The van der Waals surface area contributed by atoms with Crippen molar-refractivity contribution in [2.45, 2.75) is 103 Å². The van der Waals surface area contributed by atoms with Crippen LogP contribution in [0.25, 0.3) is 0 Å². The lowest BCUT2D eigenvalue weighted by Crippen LogP contribution is -2.39. The van der Waals surface area contributed by atoms with Gasteiger partial charge in [0.25, 0.3) is 0 Å². The lowest BCUT2D eigenvalue weighted by atomic mass is 10.0. The van der Waals surface area contributed by atoms with Crippen molar-refractivity contribution in [3.05, 3.63) is 34.9 Å². The van der Waals surface area contributed by atoms with Crippen molar-refractivity contribution >= 4 is 11.6 Å². The maximum absolute atomic E-state index is 5.98. The number of rotatable bonds is 17. The first kappa shape index (κ1) is 24.5. The largest absolute Gasteiger partial charge is 0.325 e. The second-order valence-corrected chi connectivity index (χ2v) is 9.48. The molecule has 1 aromatic rings. The van der Waals surface area contributed by atoms with Crippen LogP contribution in [0.5, 0.6) is 0 Å². The second kappa shape index (κ2) is 15.4. The van der Waals surface area contributed by atoms with Gasteiger partial charge in [-0.15, -0.1) is 0 Å². The van der Waals surface area contributed by atoms with Gasteiger partial charge in [-0.2, -0.15) is 0 Å². The monoisotopic (exact) mass is 394 g/mol. The van der Waals surface area contributed by atoms with E-state index in [4.69, 9.17) is 11.6 Å². The van der Waals surface area contributed by atoms with Crippen LogP contribution in [-0.2, 0) is 6.54 Å². The maximum atomic E-state index is 5.98. The van der Waals surface area contributed by atoms with Gasteiger partial charge in [-0.3, -0.25) is 0 Å². The topological polar surface area (TPSA) is 0 Å². The fourth-order valence-electron chi connectivity index (χ4n) is 3.90. The van der Waals surface area contributed by atoms with Crippen molar-refractivity contribution in [3.63, 3.8) is 0 Å². The van der Waals surface area contributed by atoms with E-state index >= 15 is 0 Å². The van der Waals surface area contributed by atoms with Crippen molar-refractivity contribution in [1.29, 1.82) is 0 Å². The van der Waals surface area contributed by atoms with Crippen molar-refractivity contribution in [2.24, 2.45) is 0 Å². The van der Waals surface area contributed by atoms with Gasteiger partial charge < -0.3 is 4.48 Å². The molecule has 0 fully saturated rings. The standard InChI is InChI=1S/C25H45ClN/c1-4-5-6-7-8-9-10-11-12-13-14-15-16-17-22-27(2,3)23-24-18-20-25(26)21-19-24/h18-21H,4-17,22-23H2,1-3H3/q+1. The summed E-state index contributed by atoms with van der Waals surface area (Å²) >= 11 is 5.98. The third kappa shape index (κ3) is 14.2. The van der Waals surface area contributed by atoms with Crippen LogP contribution in [0.4, 0.5) is 0 Å². The predicted molar refractivity (Wildman–Crippen MR) is 122 cm³/mol. The summed E-state index contributed by atoms with van der Waals surface area (Å²) in [6.07, 6.45) is 20.0. The lowest BCUT2D eigenvalue weighted by molar-refractivity contribution is -0.903. The zero-order valence-electron chi connectivity index (χ0n) is 18.4. The molecule has 1 aromatic carbocycles. The fourth-order valence-corrected chi connectivity index (χ4v) is 4.02. The van der Waals surface area contributed by atoms with E-state index in [-0.39, 0.29) is 0 Å². The predicted octanol–water partition coefficient (Wildman–Crippen LogP) is 8.40. The van der Waals surface area contributed by atoms with Gasteiger partial charge in [-0.1, -0.05) is 108 Å². The van der Waals surface area contributed by atoms with Gasteiger partial charge in [0.1, 0.15) is 6.54 Å². The van der Waals surface area contributed by atoms with Gasteiger partial charge in [0, 0.05) is 10.6 Å². The maximum Gasteiger partial charge on any atom is 0.104 e. The highest BCUT2D eigenvalue weighted by Gasteiger charge is 2.15. The molecule has 0 atom stereocenters. The van der Waals surface area contributed by atoms with E-state index < -0.39 is 0 Å². The molecule has 27 heavy (non-hydrogen) atoms. The van der Waals surface area contributed by atoms with Crippen molar-refractivity contribution in [2.75, 3.05) is 20.6 Å². The van der Waals surface area contributed by atoms with Gasteiger partial charge in [0.2, 0.25) is 0 Å². The van der Waals surface area contributed by atoms with Crippen LogP contribution in [0.15, 0.2) is 24.3 Å². The van der Waals surface area contributed by atoms with Crippen LogP contribution in [-0.4, -0.2) is 25.1 Å². The van der Waals surface area contributed by atoms with Crippen molar-refractivity contribution < 1.29 is 4.48 Å². The molecule has 1 rings (SSSR count). The highest BCUT2D eigenvalue weighted by molar-refractivity contribution is 6.30. The van der Waals surface area contributed by atoms with E-state index in [0.29, 0.717) is 0 Å². The average molecular weight is 395 g/mol. The highest BCUT2D eigenvalue weighted by atomic mass is 35.5. The van der Waals surface area contributed by atoms with E-state index in [1.165, 1.54) is 102 Å². The van der Waals surface area contributed by atoms with E-state index in [1.807, 2.05) is 12.1 Å². The fraction of sp³-hybridized carbons (Fsp3) is 0.760. The minimum absolute atomic E-state index is 0.830. The van der Waals surface area contributed by atoms with Crippen LogP contribution < -0.4 is 0 Å². The quantitative estimate of drug-likeness (QED) is 0.184. The molecular weight excluding hydrogens is 350 g/mol.